The van der Waals surface area contributed by atoms with Crippen LogP contribution in [-0.2, 0) is 0 Å². The van der Waals surface area contributed by atoms with Crippen LogP contribution in [0.25, 0.3) is 0 Å². The highest BCUT2D eigenvalue weighted by Gasteiger charge is 2.07. The molecule has 1 rings (SSSR count). The number of primary amides is 1. The number of aryl methyl sites for hydroxylation is 1. The Labute approximate surface area is 115 Å². The summed E-state index contributed by atoms with van der Waals surface area (Å²) in [7, 11) is 0. The second-order valence-corrected chi connectivity index (χ2v) is 4.01. The highest BCUT2D eigenvalue weighted by atomic mass is 16.4. The van der Waals surface area contributed by atoms with Gasteiger partial charge in [0.2, 0.25) is 0 Å². The van der Waals surface area contributed by atoms with E-state index >= 15 is 0 Å². The molecule has 6 N–H and O–H groups in total. The molecule has 8 nitrogen and oxygen atoms in total. The van der Waals surface area contributed by atoms with Crippen molar-refractivity contribution in [2.24, 2.45) is 5.73 Å². The van der Waals surface area contributed by atoms with Gasteiger partial charge in [0.1, 0.15) is 0 Å². The minimum atomic E-state index is -1.03. The van der Waals surface area contributed by atoms with Crippen molar-refractivity contribution in [3.63, 3.8) is 0 Å². The lowest BCUT2D eigenvalue weighted by atomic mass is 10.1. The van der Waals surface area contributed by atoms with Gasteiger partial charge in [-0.15, -0.1) is 0 Å². The lowest BCUT2D eigenvalue weighted by molar-refractivity contribution is 0.0696. The molecule has 0 bridgehead atoms. The molecule has 0 heterocycles. The van der Waals surface area contributed by atoms with E-state index in [1.807, 2.05) is 0 Å². The normalized spacial score (nSPS) is 9.65. The van der Waals surface area contributed by atoms with Crippen molar-refractivity contribution >= 4 is 23.7 Å². The molecule has 0 aliphatic carbocycles. The smallest absolute Gasteiger partial charge is 0.335 e. The Morgan fingerprint density at radius 3 is 2.40 bits per heavy atom. The van der Waals surface area contributed by atoms with Crippen LogP contribution in [0.4, 0.5) is 15.3 Å². The highest BCUT2D eigenvalue weighted by Crippen LogP contribution is 2.16. The van der Waals surface area contributed by atoms with Crippen LogP contribution in [-0.4, -0.2) is 36.2 Å². The number of hydrogen-bond acceptors (Lipinski definition) is 3. The molecule has 0 aromatic heterocycles. The van der Waals surface area contributed by atoms with Crippen LogP contribution >= 0.6 is 0 Å². The number of hydrogen-bond donors (Lipinski definition) is 5. The molecule has 0 saturated heterocycles. The third-order valence-electron chi connectivity index (χ3n) is 2.43. The summed E-state index contributed by atoms with van der Waals surface area (Å²) in [5.41, 5.74) is 6.16. The van der Waals surface area contributed by atoms with Crippen LogP contribution in [0.2, 0.25) is 0 Å². The van der Waals surface area contributed by atoms with E-state index in [0.29, 0.717) is 11.3 Å². The first kappa shape index (κ1) is 15.3. The van der Waals surface area contributed by atoms with Gasteiger partial charge in [0, 0.05) is 18.8 Å². The molecule has 0 radical (unpaired) electrons. The van der Waals surface area contributed by atoms with E-state index < -0.39 is 18.0 Å². The summed E-state index contributed by atoms with van der Waals surface area (Å²) in [5, 5.41) is 16.2. The number of aromatic carboxylic acids is 1. The quantitative estimate of drug-likeness (QED) is 0.501. The molecule has 0 saturated carbocycles. The number of benzene rings is 1. The van der Waals surface area contributed by atoms with Crippen LogP contribution < -0.4 is 21.7 Å². The number of anilines is 1. The number of carbonyl (C=O) groups is 3. The van der Waals surface area contributed by atoms with Crippen LogP contribution in [0.3, 0.4) is 0 Å². The van der Waals surface area contributed by atoms with Gasteiger partial charge in [-0.25, -0.2) is 14.4 Å². The molecule has 0 aliphatic rings. The van der Waals surface area contributed by atoms with Gasteiger partial charge >= 0.3 is 18.0 Å². The molecule has 4 amide bonds. The second kappa shape index (κ2) is 6.98. The van der Waals surface area contributed by atoms with Crippen LogP contribution in [0.1, 0.15) is 15.9 Å². The van der Waals surface area contributed by atoms with E-state index in [4.69, 9.17) is 10.8 Å². The largest absolute Gasteiger partial charge is 0.478 e. The van der Waals surface area contributed by atoms with Gasteiger partial charge in [-0.1, -0.05) is 0 Å². The Hall–Kier alpha value is -2.77. The van der Waals surface area contributed by atoms with E-state index in [1.54, 1.807) is 6.92 Å². The van der Waals surface area contributed by atoms with Gasteiger partial charge in [0.05, 0.1) is 5.56 Å². The number of carboxylic acids is 1. The summed E-state index contributed by atoms with van der Waals surface area (Å²) in [6, 6.07) is 3.27. The summed E-state index contributed by atoms with van der Waals surface area (Å²) < 4.78 is 0. The molecule has 108 valence electrons. The summed E-state index contributed by atoms with van der Waals surface area (Å²) in [6.45, 7) is 2.14. The lowest BCUT2D eigenvalue weighted by Crippen LogP contribution is -2.38. The molecule has 1 aromatic rings. The zero-order chi connectivity index (χ0) is 15.1. The number of carbonyl (C=O) groups excluding carboxylic acids is 2. The van der Waals surface area contributed by atoms with Gasteiger partial charge in [-0.05, 0) is 30.7 Å². The average Bonchev–Trinajstić information content (AvgIpc) is 2.36. The Morgan fingerprint density at radius 2 is 1.85 bits per heavy atom. The van der Waals surface area contributed by atoms with E-state index in [2.05, 4.69) is 16.0 Å². The summed E-state index contributed by atoms with van der Waals surface area (Å²) in [4.78, 5) is 32.7. The van der Waals surface area contributed by atoms with E-state index in [1.165, 1.54) is 18.2 Å². The van der Waals surface area contributed by atoms with E-state index in [9.17, 15) is 14.4 Å². The maximum atomic E-state index is 11.5. The third kappa shape index (κ3) is 4.84. The SMILES string of the molecule is Cc1cc(C(=O)O)ccc1NC(=O)NCCNC(N)=O. The van der Waals surface area contributed by atoms with Crippen molar-refractivity contribution in [1.82, 2.24) is 10.6 Å². The van der Waals surface area contributed by atoms with Gasteiger partial charge < -0.3 is 26.8 Å². The van der Waals surface area contributed by atoms with Crippen molar-refractivity contribution < 1.29 is 19.5 Å². The number of carboxylic acid groups (broad SMARTS) is 1. The van der Waals surface area contributed by atoms with Crippen molar-refractivity contribution in [3.8, 4) is 0 Å². The average molecular weight is 280 g/mol. The summed E-state index contributed by atoms with van der Waals surface area (Å²) in [5.74, 6) is -1.03. The van der Waals surface area contributed by atoms with Crippen molar-refractivity contribution in [2.45, 2.75) is 6.92 Å². The Balaban J connectivity index is 2.50. The molecule has 8 heteroatoms. The van der Waals surface area contributed by atoms with Gasteiger partial charge in [-0.3, -0.25) is 0 Å². The Morgan fingerprint density at radius 1 is 1.20 bits per heavy atom. The van der Waals surface area contributed by atoms with Crippen LogP contribution in [0.15, 0.2) is 18.2 Å². The zero-order valence-corrected chi connectivity index (χ0v) is 10.9. The fourth-order valence-corrected chi connectivity index (χ4v) is 1.47. The molecule has 1 aromatic carbocycles. The highest BCUT2D eigenvalue weighted by molar-refractivity contribution is 5.92. The topological polar surface area (TPSA) is 134 Å². The maximum Gasteiger partial charge on any atom is 0.335 e. The number of amides is 4. The minimum absolute atomic E-state index is 0.152. The Kier molecular flexibility index (Phi) is 5.33. The second-order valence-electron chi connectivity index (χ2n) is 4.01. The first-order valence-corrected chi connectivity index (χ1v) is 5.82. The fourth-order valence-electron chi connectivity index (χ4n) is 1.47. The number of nitrogens with two attached hydrogens (primary N) is 1. The van der Waals surface area contributed by atoms with E-state index in [0.717, 1.165) is 0 Å². The van der Waals surface area contributed by atoms with Crippen molar-refractivity contribution in [3.05, 3.63) is 29.3 Å². The number of urea groups is 2. The minimum Gasteiger partial charge on any atom is -0.478 e. The monoisotopic (exact) mass is 280 g/mol. The third-order valence-corrected chi connectivity index (χ3v) is 2.43. The van der Waals surface area contributed by atoms with Crippen LogP contribution in [0, 0.1) is 6.92 Å². The van der Waals surface area contributed by atoms with Crippen LogP contribution in [0.5, 0.6) is 0 Å². The fraction of sp³-hybridized carbons (Fsp3) is 0.250. The van der Waals surface area contributed by atoms with Gasteiger partial charge in [-0.2, -0.15) is 0 Å². The van der Waals surface area contributed by atoms with Crippen molar-refractivity contribution in [1.29, 1.82) is 0 Å². The summed E-state index contributed by atoms with van der Waals surface area (Å²) >= 11 is 0. The molecular weight excluding hydrogens is 264 g/mol. The lowest BCUT2D eigenvalue weighted by Gasteiger charge is -2.10. The standard InChI is InChI=1S/C12H16N4O4/c1-7-6-8(10(17)18)2-3-9(7)16-12(20)15-5-4-14-11(13)19/h2-3,6H,4-5H2,1H3,(H,17,18)(H3,13,14,19)(H2,15,16,20). The molecule has 20 heavy (non-hydrogen) atoms. The number of rotatable bonds is 5. The first-order valence-electron chi connectivity index (χ1n) is 5.82. The van der Waals surface area contributed by atoms with E-state index in [-0.39, 0.29) is 18.7 Å². The zero-order valence-electron chi connectivity index (χ0n) is 10.9. The molecule has 0 aliphatic heterocycles. The predicted octanol–water partition coefficient (Wildman–Crippen LogP) is 0.483. The molecule has 0 spiro atoms. The van der Waals surface area contributed by atoms with Gasteiger partial charge in [0.25, 0.3) is 0 Å². The predicted molar refractivity (Wildman–Crippen MR) is 72.7 cm³/mol. The van der Waals surface area contributed by atoms with Crippen molar-refractivity contribution in [2.75, 3.05) is 18.4 Å². The first-order chi connectivity index (χ1) is 9.40. The molecule has 0 fully saturated rings. The molecule has 0 atom stereocenters. The maximum absolute atomic E-state index is 11.5. The number of nitrogens with one attached hydrogen (secondary N) is 3. The Bertz CT molecular complexity index is 530. The molecular formula is C12H16N4O4. The molecule has 0 unspecified atom stereocenters. The van der Waals surface area contributed by atoms with Gasteiger partial charge in [0.15, 0.2) is 0 Å². The summed E-state index contributed by atoms with van der Waals surface area (Å²) in [6.07, 6.45) is 0.